The standard InChI is InChI=1S/C8H13N3O4S/c1-4(6(9)12)10-8(15)11-3-16-2-5(11)7(13)14/h4-5H,2-3H2,1H3,(H2,9,12)(H,10,15)(H,13,14)/t4?,5-/m0/s1. The number of carbonyl (C=O) groups excluding carboxylic acids is 2. The molecule has 16 heavy (non-hydrogen) atoms. The van der Waals surface area contributed by atoms with Crippen molar-refractivity contribution in [2.75, 3.05) is 11.6 Å². The van der Waals surface area contributed by atoms with Crippen LogP contribution in [0.2, 0.25) is 0 Å². The van der Waals surface area contributed by atoms with Crippen molar-refractivity contribution in [2.24, 2.45) is 5.73 Å². The van der Waals surface area contributed by atoms with Crippen molar-refractivity contribution in [3.05, 3.63) is 0 Å². The fourth-order valence-corrected chi connectivity index (χ4v) is 2.33. The maximum atomic E-state index is 11.6. The molecule has 1 fully saturated rings. The second-order valence-corrected chi connectivity index (χ2v) is 4.40. The number of carbonyl (C=O) groups is 3. The number of carboxylic acids is 1. The zero-order valence-corrected chi connectivity index (χ0v) is 9.49. The summed E-state index contributed by atoms with van der Waals surface area (Å²) in [5.74, 6) is -1.05. The van der Waals surface area contributed by atoms with Gasteiger partial charge < -0.3 is 21.1 Å². The highest BCUT2D eigenvalue weighted by Gasteiger charge is 2.35. The molecule has 0 radical (unpaired) electrons. The molecular formula is C8H13N3O4S. The topological polar surface area (TPSA) is 113 Å². The van der Waals surface area contributed by atoms with Crippen LogP contribution >= 0.6 is 11.8 Å². The largest absolute Gasteiger partial charge is 0.480 e. The summed E-state index contributed by atoms with van der Waals surface area (Å²) in [6.45, 7) is 1.44. The second kappa shape index (κ2) is 5.06. The molecule has 1 aliphatic heterocycles. The Labute approximate surface area is 96.3 Å². The first-order valence-corrected chi connectivity index (χ1v) is 5.76. The Morgan fingerprint density at radius 3 is 2.69 bits per heavy atom. The van der Waals surface area contributed by atoms with E-state index < -0.39 is 30.0 Å². The van der Waals surface area contributed by atoms with E-state index in [-0.39, 0.29) is 0 Å². The fraction of sp³-hybridized carbons (Fsp3) is 0.625. The smallest absolute Gasteiger partial charge is 0.327 e. The van der Waals surface area contributed by atoms with E-state index in [4.69, 9.17) is 10.8 Å². The molecule has 0 bridgehead atoms. The lowest BCUT2D eigenvalue weighted by Crippen LogP contribution is -2.52. The van der Waals surface area contributed by atoms with E-state index in [1.807, 2.05) is 0 Å². The summed E-state index contributed by atoms with van der Waals surface area (Å²) in [5, 5.41) is 11.2. The minimum Gasteiger partial charge on any atom is -0.480 e. The Kier molecular flexibility index (Phi) is 3.99. The van der Waals surface area contributed by atoms with Crippen molar-refractivity contribution in [3.8, 4) is 0 Å². The van der Waals surface area contributed by atoms with E-state index in [1.54, 1.807) is 0 Å². The molecular weight excluding hydrogens is 234 g/mol. The molecule has 0 aliphatic carbocycles. The van der Waals surface area contributed by atoms with E-state index >= 15 is 0 Å². The van der Waals surface area contributed by atoms with Gasteiger partial charge in [-0.3, -0.25) is 4.79 Å². The van der Waals surface area contributed by atoms with E-state index in [0.29, 0.717) is 11.6 Å². The number of carboxylic acid groups (broad SMARTS) is 1. The number of thioether (sulfide) groups is 1. The molecule has 0 aromatic rings. The summed E-state index contributed by atoms with van der Waals surface area (Å²) < 4.78 is 0. The third-order valence-electron chi connectivity index (χ3n) is 2.19. The van der Waals surface area contributed by atoms with Crippen LogP contribution in [0.5, 0.6) is 0 Å². The Hall–Kier alpha value is -1.44. The molecule has 3 amide bonds. The summed E-state index contributed by atoms with van der Waals surface area (Å²) in [6.07, 6.45) is 0. The van der Waals surface area contributed by atoms with Gasteiger partial charge in [0.15, 0.2) is 0 Å². The van der Waals surface area contributed by atoms with Crippen LogP contribution in [0, 0.1) is 0 Å². The van der Waals surface area contributed by atoms with Gasteiger partial charge in [-0.05, 0) is 6.92 Å². The van der Waals surface area contributed by atoms with Gasteiger partial charge in [-0.15, -0.1) is 11.8 Å². The highest BCUT2D eigenvalue weighted by molar-refractivity contribution is 7.99. The SMILES string of the molecule is CC(NC(=O)N1CSC[C@H]1C(=O)O)C(N)=O. The van der Waals surface area contributed by atoms with Crippen molar-refractivity contribution < 1.29 is 19.5 Å². The van der Waals surface area contributed by atoms with Crippen LogP contribution in [-0.4, -0.2) is 51.6 Å². The first-order chi connectivity index (χ1) is 7.43. The molecule has 0 spiro atoms. The van der Waals surface area contributed by atoms with Gasteiger partial charge in [-0.1, -0.05) is 0 Å². The van der Waals surface area contributed by atoms with Crippen LogP contribution in [0.25, 0.3) is 0 Å². The number of primary amides is 1. The molecule has 0 saturated carbocycles. The molecule has 1 heterocycles. The zero-order valence-electron chi connectivity index (χ0n) is 8.67. The van der Waals surface area contributed by atoms with Crippen LogP contribution in [0.4, 0.5) is 4.79 Å². The van der Waals surface area contributed by atoms with E-state index in [1.165, 1.54) is 23.6 Å². The first kappa shape index (κ1) is 12.6. The monoisotopic (exact) mass is 247 g/mol. The third kappa shape index (κ3) is 2.78. The lowest BCUT2D eigenvalue weighted by Gasteiger charge is -2.22. The van der Waals surface area contributed by atoms with Gasteiger partial charge in [0, 0.05) is 5.75 Å². The highest BCUT2D eigenvalue weighted by atomic mass is 32.2. The van der Waals surface area contributed by atoms with Crippen LogP contribution in [0.15, 0.2) is 0 Å². The number of nitrogens with one attached hydrogen (secondary N) is 1. The van der Waals surface area contributed by atoms with Crippen LogP contribution in [0.3, 0.4) is 0 Å². The van der Waals surface area contributed by atoms with Gasteiger partial charge in [0.05, 0.1) is 5.88 Å². The number of hydrogen-bond acceptors (Lipinski definition) is 4. The maximum absolute atomic E-state index is 11.6. The lowest BCUT2D eigenvalue weighted by molar-refractivity contribution is -0.140. The van der Waals surface area contributed by atoms with Crippen molar-refractivity contribution in [3.63, 3.8) is 0 Å². The van der Waals surface area contributed by atoms with Crippen LogP contribution < -0.4 is 11.1 Å². The first-order valence-electron chi connectivity index (χ1n) is 4.60. The summed E-state index contributed by atoms with van der Waals surface area (Å²) in [5.41, 5.74) is 4.98. The number of aliphatic carboxylic acids is 1. The summed E-state index contributed by atoms with van der Waals surface area (Å²) in [6, 6.07) is -2.23. The van der Waals surface area contributed by atoms with Crippen molar-refractivity contribution in [1.82, 2.24) is 10.2 Å². The molecule has 8 heteroatoms. The van der Waals surface area contributed by atoms with Gasteiger partial charge in [-0.25, -0.2) is 9.59 Å². The molecule has 0 aromatic carbocycles. The molecule has 1 aliphatic rings. The molecule has 0 aromatic heterocycles. The summed E-state index contributed by atoms with van der Waals surface area (Å²) in [7, 11) is 0. The zero-order chi connectivity index (χ0) is 12.3. The van der Waals surface area contributed by atoms with Gasteiger partial charge in [0.2, 0.25) is 5.91 Å². The number of nitrogens with two attached hydrogens (primary N) is 1. The number of rotatable bonds is 3. The van der Waals surface area contributed by atoms with Crippen LogP contribution in [0.1, 0.15) is 6.92 Å². The Bertz CT molecular complexity index is 322. The van der Waals surface area contributed by atoms with E-state index in [9.17, 15) is 14.4 Å². The highest BCUT2D eigenvalue weighted by Crippen LogP contribution is 2.20. The normalized spacial score (nSPS) is 21.6. The average Bonchev–Trinajstić information content (AvgIpc) is 2.65. The predicted molar refractivity (Wildman–Crippen MR) is 57.8 cm³/mol. The van der Waals surface area contributed by atoms with Crippen molar-refractivity contribution in [2.45, 2.75) is 19.0 Å². The van der Waals surface area contributed by atoms with Gasteiger partial charge in [-0.2, -0.15) is 0 Å². The average molecular weight is 247 g/mol. The summed E-state index contributed by atoms with van der Waals surface area (Å²) >= 11 is 1.35. The number of urea groups is 1. The van der Waals surface area contributed by atoms with Gasteiger partial charge >= 0.3 is 12.0 Å². The van der Waals surface area contributed by atoms with E-state index in [0.717, 1.165) is 0 Å². The fourth-order valence-electron chi connectivity index (χ4n) is 1.19. The molecule has 1 saturated heterocycles. The van der Waals surface area contributed by atoms with Gasteiger partial charge in [0.1, 0.15) is 12.1 Å². The maximum Gasteiger partial charge on any atom is 0.327 e. The molecule has 1 rings (SSSR count). The van der Waals surface area contributed by atoms with Crippen LogP contribution in [-0.2, 0) is 9.59 Å². The molecule has 7 nitrogen and oxygen atoms in total. The second-order valence-electron chi connectivity index (χ2n) is 3.40. The molecule has 2 atom stereocenters. The van der Waals surface area contributed by atoms with Gasteiger partial charge in [0.25, 0.3) is 0 Å². The lowest BCUT2D eigenvalue weighted by atomic mass is 10.3. The molecule has 4 N–H and O–H groups in total. The number of hydrogen-bond donors (Lipinski definition) is 3. The predicted octanol–water partition coefficient (Wildman–Crippen LogP) is -0.971. The van der Waals surface area contributed by atoms with Crippen molar-refractivity contribution in [1.29, 1.82) is 0 Å². The molecule has 1 unspecified atom stereocenters. The Morgan fingerprint density at radius 1 is 1.56 bits per heavy atom. The quantitative estimate of drug-likeness (QED) is 0.594. The van der Waals surface area contributed by atoms with Crippen molar-refractivity contribution >= 4 is 29.7 Å². The Morgan fingerprint density at radius 2 is 2.19 bits per heavy atom. The minimum atomic E-state index is -1.05. The number of amides is 3. The Balaban J connectivity index is 2.60. The minimum absolute atomic E-state index is 0.300. The number of nitrogens with zero attached hydrogens (tertiary/aromatic N) is 1. The third-order valence-corrected chi connectivity index (χ3v) is 3.21. The van der Waals surface area contributed by atoms with E-state index in [2.05, 4.69) is 5.32 Å². The molecule has 90 valence electrons. The summed E-state index contributed by atoms with van der Waals surface area (Å²) in [4.78, 5) is 34.3.